The highest BCUT2D eigenvalue weighted by molar-refractivity contribution is 7.88. The van der Waals surface area contributed by atoms with E-state index in [9.17, 15) is 8.42 Å². The van der Waals surface area contributed by atoms with Crippen molar-refractivity contribution >= 4 is 22.4 Å². The SMILES string of the molecule is Cc1ccnc(S(=O)(=O)N2CCNCC2)n1.Cl. The van der Waals surface area contributed by atoms with Crippen molar-refractivity contribution in [2.75, 3.05) is 26.2 Å². The average Bonchev–Trinajstić information content (AvgIpc) is 2.30. The van der Waals surface area contributed by atoms with Crippen LogP contribution in [0.5, 0.6) is 0 Å². The van der Waals surface area contributed by atoms with E-state index in [0.717, 1.165) is 0 Å². The van der Waals surface area contributed by atoms with Crippen LogP contribution in [0.4, 0.5) is 0 Å². The minimum atomic E-state index is -3.51. The molecule has 0 unspecified atom stereocenters. The largest absolute Gasteiger partial charge is 0.314 e. The first-order chi connectivity index (χ1) is 7.60. The highest BCUT2D eigenvalue weighted by atomic mass is 35.5. The van der Waals surface area contributed by atoms with Crippen molar-refractivity contribution in [1.82, 2.24) is 19.6 Å². The van der Waals surface area contributed by atoms with Crippen molar-refractivity contribution in [3.63, 3.8) is 0 Å². The quantitative estimate of drug-likeness (QED) is 0.759. The molecule has 2 heterocycles. The summed E-state index contributed by atoms with van der Waals surface area (Å²) in [7, 11) is -3.51. The smallest absolute Gasteiger partial charge is 0.278 e. The fourth-order valence-corrected chi connectivity index (χ4v) is 2.90. The molecule has 8 heteroatoms. The molecule has 1 saturated heterocycles. The van der Waals surface area contributed by atoms with Gasteiger partial charge in [0.05, 0.1) is 0 Å². The van der Waals surface area contributed by atoms with E-state index in [1.807, 2.05) is 0 Å². The number of piperazine rings is 1. The first kappa shape index (κ1) is 14.3. The second kappa shape index (κ2) is 5.72. The zero-order valence-electron chi connectivity index (χ0n) is 9.46. The molecule has 1 aliphatic rings. The number of aromatic nitrogens is 2. The summed E-state index contributed by atoms with van der Waals surface area (Å²) in [5, 5.41) is 3.00. The van der Waals surface area contributed by atoms with E-state index in [2.05, 4.69) is 15.3 Å². The molecule has 0 aromatic carbocycles. The molecule has 0 saturated carbocycles. The molecule has 1 aromatic heterocycles. The number of hydrogen-bond donors (Lipinski definition) is 1. The van der Waals surface area contributed by atoms with Crippen molar-refractivity contribution in [3.8, 4) is 0 Å². The zero-order valence-corrected chi connectivity index (χ0v) is 11.1. The van der Waals surface area contributed by atoms with Gasteiger partial charge in [-0.15, -0.1) is 12.4 Å². The Morgan fingerprint density at radius 3 is 2.59 bits per heavy atom. The van der Waals surface area contributed by atoms with Crippen molar-refractivity contribution < 1.29 is 8.42 Å². The molecule has 0 spiro atoms. The summed E-state index contributed by atoms with van der Waals surface area (Å²) in [6, 6.07) is 1.68. The zero-order chi connectivity index (χ0) is 11.6. The van der Waals surface area contributed by atoms with E-state index < -0.39 is 10.0 Å². The average molecular weight is 279 g/mol. The number of nitrogens with zero attached hydrogens (tertiary/aromatic N) is 3. The maximum Gasteiger partial charge on any atom is 0.278 e. The molecule has 0 radical (unpaired) electrons. The Kier molecular flexibility index (Phi) is 4.81. The topological polar surface area (TPSA) is 75.2 Å². The van der Waals surface area contributed by atoms with Gasteiger partial charge >= 0.3 is 0 Å². The number of hydrogen-bond acceptors (Lipinski definition) is 5. The third-order valence-electron chi connectivity index (χ3n) is 2.42. The Morgan fingerprint density at radius 1 is 1.35 bits per heavy atom. The molecular formula is C9H15ClN4O2S. The summed E-state index contributed by atoms with van der Waals surface area (Å²) in [5.41, 5.74) is 0.656. The van der Waals surface area contributed by atoms with Gasteiger partial charge in [0.2, 0.25) is 0 Å². The van der Waals surface area contributed by atoms with Crippen LogP contribution in [0.3, 0.4) is 0 Å². The van der Waals surface area contributed by atoms with Crippen LogP contribution in [0.2, 0.25) is 0 Å². The maximum absolute atomic E-state index is 12.1. The van der Waals surface area contributed by atoms with Crippen LogP contribution in [-0.4, -0.2) is 48.9 Å². The van der Waals surface area contributed by atoms with Gasteiger partial charge in [0.25, 0.3) is 15.2 Å². The molecule has 0 aliphatic carbocycles. The molecular weight excluding hydrogens is 264 g/mol. The minimum absolute atomic E-state index is 0. The van der Waals surface area contributed by atoms with Crippen LogP contribution in [0.15, 0.2) is 17.4 Å². The second-order valence-electron chi connectivity index (χ2n) is 3.63. The molecule has 6 nitrogen and oxygen atoms in total. The Morgan fingerprint density at radius 2 is 2.00 bits per heavy atom. The van der Waals surface area contributed by atoms with Crippen LogP contribution in [-0.2, 0) is 10.0 Å². The highest BCUT2D eigenvalue weighted by Gasteiger charge is 2.28. The molecule has 1 fully saturated rings. The fraction of sp³-hybridized carbons (Fsp3) is 0.556. The van der Waals surface area contributed by atoms with Gasteiger partial charge in [-0.2, -0.15) is 4.31 Å². The molecule has 0 atom stereocenters. The van der Waals surface area contributed by atoms with Gasteiger partial charge in [-0.25, -0.2) is 18.4 Å². The van der Waals surface area contributed by atoms with Crippen LogP contribution >= 0.6 is 12.4 Å². The second-order valence-corrected chi connectivity index (χ2v) is 5.47. The lowest BCUT2D eigenvalue weighted by atomic mass is 10.4. The summed E-state index contributed by atoms with van der Waals surface area (Å²) >= 11 is 0. The number of nitrogens with one attached hydrogen (secondary N) is 1. The molecule has 1 aliphatic heterocycles. The van der Waals surface area contributed by atoms with Crippen LogP contribution in [0, 0.1) is 6.92 Å². The van der Waals surface area contributed by atoms with E-state index in [1.54, 1.807) is 13.0 Å². The third kappa shape index (κ3) is 3.12. The number of sulfonamides is 1. The Bertz CT molecular complexity index is 474. The van der Waals surface area contributed by atoms with Crippen LogP contribution in [0.1, 0.15) is 5.69 Å². The summed E-state index contributed by atoms with van der Waals surface area (Å²) in [6.45, 7) is 4.04. The summed E-state index contributed by atoms with van der Waals surface area (Å²) < 4.78 is 25.6. The Hall–Kier alpha value is -0.760. The molecule has 0 amide bonds. The van der Waals surface area contributed by atoms with Crippen LogP contribution in [0.25, 0.3) is 0 Å². The van der Waals surface area contributed by atoms with E-state index in [1.165, 1.54) is 10.5 Å². The van der Waals surface area contributed by atoms with Crippen molar-refractivity contribution in [2.24, 2.45) is 0 Å². The van der Waals surface area contributed by atoms with E-state index >= 15 is 0 Å². The lowest BCUT2D eigenvalue weighted by Crippen LogP contribution is -2.46. The summed E-state index contributed by atoms with van der Waals surface area (Å²) in [5.74, 6) is 0. The van der Waals surface area contributed by atoms with Gasteiger partial charge in [-0.05, 0) is 13.0 Å². The van der Waals surface area contributed by atoms with E-state index in [4.69, 9.17) is 0 Å². The predicted octanol–water partition coefficient (Wildman–Crippen LogP) is -0.199. The molecule has 17 heavy (non-hydrogen) atoms. The fourth-order valence-electron chi connectivity index (χ4n) is 1.55. The summed E-state index contributed by atoms with van der Waals surface area (Å²) in [4.78, 5) is 7.78. The third-order valence-corrected chi connectivity index (χ3v) is 4.12. The standard InChI is InChI=1S/C9H14N4O2S.ClH/c1-8-2-3-11-9(12-8)16(14,15)13-6-4-10-5-7-13;/h2-3,10H,4-7H2,1H3;1H. The number of aryl methyl sites for hydroxylation is 1. The van der Waals surface area contributed by atoms with Crippen molar-refractivity contribution in [2.45, 2.75) is 12.1 Å². The molecule has 0 bridgehead atoms. The van der Waals surface area contributed by atoms with Gasteiger partial charge in [-0.3, -0.25) is 0 Å². The van der Waals surface area contributed by atoms with E-state index in [-0.39, 0.29) is 17.6 Å². The van der Waals surface area contributed by atoms with Gasteiger partial charge in [-0.1, -0.05) is 0 Å². The highest BCUT2D eigenvalue weighted by Crippen LogP contribution is 2.11. The van der Waals surface area contributed by atoms with Gasteiger partial charge in [0, 0.05) is 38.1 Å². The monoisotopic (exact) mass is 278 g/mol. The maximum atomic E-state index is 12.1. The number of halogens is 1. The normalized spacial score (nSPS) is 17.5. The number of rotatable bonds is 2. The van der Waals surface area contributed by atoms with Crippen molar-refractivity contribution in [3.05, 3.63) is 18.0 Å². The van der Waals surface area contributed by atoms with Crippen molar-refractivity contribution in [1.29, 1.82) is 0 Å². The minimum Gasteiger partial charge on any atom is -0.314 e. The lowest BCUT2D eigenvalue weighted by Gasteiger charge is -2.25. The summed E-state index contributed by atoms with van der Waals surface area (Å²) in [6.07, 6.45) is 1.47. The first-order valence-corrected chi connectivity index (χ1v) is 6.55. The predicted molar refractivity (Wildman–Crippen MR) is 65.6 cm³/mol. The van der Waals surface area contributed by atoms with Gasteiger partial charge in [0.15, 0.2) is 0 Å². The molecule has 1 aromatic rings. The molecule has 2 rings (SSSR count). The van der Waals surface area contributed by atoms with Gasteiger partial charge in [0.1, 0.15) is 0 Å². The first-order valence-electron chi connectivity index (χ1n) is 5.11. The van der Waals surface area contributed by atoms with E-state index in [0.29, 0.717) is 31.9 Å². The molecule has 1 N–H and O–H groups in total. The van der Waals surface area contributed by atoms with Crippen LogP contribution < -0.4 is 5.32 Å². The van der Waals surface area contributed by atoms with Gasteiger partial charge < -0.3 is 5.32 Å². The molecule has 96 valence electrons. The lowest BCUT2D eigenvalue weighted by molar-refractivity contribution is 0.357. The Labute approximate surface area is 107 Å². The Balaban J connectivity index is 0.00000144.